The van der Waals surface area contributed by atoms with E-state index < -0.39 is 5.97 Å². The lowest BCUT2D eigenvalue weighted by Gasteiger charge is -2.18. The Bertz CT molecular complexity index is 207. The van der Waals surface area contributed by atoms with Gasteiger partial charge in [0.2, 0.25) is 0 Å². The molecule has 0 heterocycles. The number of hydrogen-bond acceptors (Lipinski definition) is 3. The van der Waals surface area contributed by atoms with Gasteiger partial charge in [0.05, 0.1) is 0 Å². The van der Waals surface area contributed by atoms with Crippen LogP contribution in [0.3, 0.4) is 0 Å². The number of hydrogen-bond donors (Lipinski definition) is 1. The third-order valence-corrected chi connectivity index (χ3v) is 3.18. The van der Waals surface area contributed by atoms with Gasteiger partial charge in [-0.05, 0) is 32.1 Å². The largest absolute Gasteiger partial charge is 0.481 e. The van der Waals surface area contributed by atoms with E-state index in [0.29, 0.717) is 6.42 Å². The van der Waals surface area contributed by atoms with E-state index in [1.165, 1.54) is 25.7 Å². The molecule has 0 amide bonds. The first-order valence-electron chi connectivity index (χ1n) is 8.15. The van der Waals surface area contributed by atoms with E-state index in [2.05, 4.69) is 13.8 Å². The zero-order valence-corrected chi connectivity index (χ0v) is 13.2. The molecule has 0 saturated heterocycles. The molecule has 0 atom stereocenters. The molecule has 0 aliphatic heterocycles. The average molecular weight is 288 g/mol. The van der Waals surface area contributed by atoms with Gasteiger partial charge in [0, 0.05) is 19.6 Å². The van der Waals surface area contributed by atoms with Gasteiger partial charge in [0.25, 0.3) is 0 Å². The predicted molar refractivity (Wildman–Crippen MR) is 80.8 cm³/mol. The molecule has 0 aromatic carbocycles. The minimum Gasteiger partial charge on any atom is -0.481 e. The summed E-state index contributed by atoms with van der Waals surface area (Å²) >= 11 is 0. The van der Waals surface area contributed by atoms with Crippen molar-refractivity contribution >= 4 is 5.97 Å². The standard InChI is InChI=1S/C16H32O4/c1-3-5-9-13-19-16(20-14-10-6-4-2)12-8-7-11-15(17)18/h16H,3-14H2,1-2H3,(H,17,18). The van der Waals surface area contributed by atoms with Gasteiger partial charge in [-0.3, -0.25) is 4.79 Å². The van der Waals surface area contributed by atoms with Crippen LogP contribution in [0.15, 0.2) is 0 Å². The van der Waals surface area contributed by atoms with Crippen molar-refractivity contribution in [1.82, 2.24) is 0 Å². The number of aliphatic carboxylic acids is 1. The molecular weight excluding hydrogens is 256 g/mol. The smallest absolute Gasteiger partial charge is 0.303 e. The van der Waals surface area contributed by atoms with E-state index in [0.717, 1.165) is 38.9 Å². The molecule has 0 bridgehead atoms. The molecule has 4 heteroatoms. The van der Waals surface area contributed by atoms with Gasteiger partial charge in [0.15, 0.2) is 6.29 Å². The summed E-state index contributed by atoms with van der Waals surface area (Å²) in [6.07, 6.45) is 9.29. The Morgan fingerprint density at radius 1 is 0.900 bits per heavy atom. The highest BCUT2D eigenvalue weighted by Crippen LogP contribution is 2.11. The molecule has 20 heavy (non-hydrogen) atoms. The number of ether oxygens (including phenoxy) is 2. The van der Waals surface area contributed by atoms with Crippen LogP contribution in [0.5, 0.6) is 0 Å². The van der Waals surface area contributed by atoms with Crippen LogP contribution < -0.4 is 0 Å². The van der Waals surface area contributed by atoms with Gasteiger partial charge in [-0.25, -0.2) is 0 Å². The zero-order valence-electron chi connectivity index (χ0n) is 13.2. The summed E-state index contributed by atoms with van der Waals surface area (Å²) in [5.74, 6) is -0.728. The highest BCUT2D eigenvalue weighted by molar-refractivity contribution is 5.66. The molecule has 4 nitrogen and oxygen atoms in total. The first kappa shape index (κ1) is 19.4. The fourth-order valence-electron chi connectivity index (χ4n) is 1.94. The SMILES string of the molecule is CCCCCOC(CCCCC(=O)O)OCCCCC. The molecule has 0 saturated carbocycles. The second kappa shape index (κ2) is 14.8. The van der Waals surface area contributed by atoms with Crippen LogP contribution in [0.25, 0.3) is 0 Å². The Balaban J connectivity index is 3.75. The number of carbonyl (C=O) groups is 1. The molecule has 1 N–H and O–H groups in total. The maximum absolute atomic E-state index is 10.5. The van der Waals surface area contributed by atoms with Crippen LogP contribution in [-0.4, -0.2) is 30.6 Å². The summed E-state index contributed by atoms with van der Waals surface area (Å²) < 4.78 is 11.5. The van der Waals surface area contributed by atoms with Crippen LogP contribution in [-0.2, 0) is 14.3 Å². The summed E-state index contributed by atoms with van der Waals surface area (Å²) in [4.78, 5) is 10.5. The lowest BCUT2D eigenvalue weighted by molar-refractivity contribution is -0.148. The van der Waals surface area contributed by atoms with E-state index in [1.54, 1.807) is 0 Å². The fourth-order valence-corrected chi connectivity index (χ4v) is 1.94. The molecule has 0 rings (SSSR count). The van der Waals surface area contributed by atoms with E-state index in [1.807, 2.05) is 0 Å². The quantitative estimate of drug-likeness (QED) is 0.359. The van der Waals surface area contributed by atoms with E-state index in [-0.39, 0.29) is 12.7 Å². The summed E-state index contributed by atoms with van der Waals surface area (Å²) in [5, 5.41) is 8.62. The maximum atomic E-state index is 10.5. The lowest BCUT2D eigenvalue weighted by atomic mass is 10.2. The first-order valence-corrected chi connectivity index (χ1v) is 8.15. The Morgan fingerprint density at radius 3 is 1.90 bits per heavy atom. The van der Waals surface area contributed by atoms with Gasteiger partial charge in [-0.15, -0.1) is 0 Å². The van der Waals surface area contributed by atoms with Crippen LogP contribution in [0.2, 0.25) is 0 Å². The monoisotopic (exact) mass is 288 g/mol. The Hall–Kier alpha value is -0.610. The molecular formula is C16H32O4. The van der Waals surface area contributed by atoms with E-state index in [9.17, 15) is 4.79 Å². The van der Waals surface area contributed by atoms with Crippen LogP contribution >= 0.6 is 0 Å². The topological polar surface area (TPSA) is 55.8 Å². The molecule has 120 valence electrons. The molecule has 0 aromatic rings. The zero-order chi connectivity index (χ0) is 15.1. The van der Waals surface area contributed by atoms with Crippen molar-refractivity contribution in [1.29, 1.82) is 0 Å². The number of carboxylic acid groups (broad SMARTS) is 1. The first-order chi connectivity index (χ1) is 9.70. The van der Waals surface area contributed by atoms with Crippen molar-refractivity contribution in [2.75, 3.05) is 13.2 Å². The Kier molecular flexibility index (Phi) is 14.3. The van der Waals surface area contributed by atoms with Gasteiger partial charge in [0.1, 0.15) is 0 Å². The second-order valence-corrected chi connectivity index (χ2v) is 5.22. The Morgan fingerprint density at radius 2 is 1.45 bits per heavy atom. The molecule has 0 aliphatic rings. The normalized spacial score (nSPS) is 11.2. The number of rotatable bonds is 15. The summed E-state index contributed by atoms with van der Waals surface area (Å²) in [5.41, 5.74) is 0. The van der Waals surface area contributed by atoms with E-state index in [4.69, 9.17) is 14.6 Å². The van der Waals surface area contributed by atoms with Gasteiger partial charge in [-0.2, -0.15) is 0 Å². The Labute approximate surface area is 123 Å². The second-order valence-electron chi connectivity index (χ2n) is 5.22. The van der Waals surface area contributed by atoms with Crippen molar-refractivity contribution in [3.05, 3.63) is 0 Å². The van der Waals surface area contributed by atoms with Gasteiger partial charge in [-0.1, -0.05) is 39.5 Å². The van der Waals surface area contributed by atoms with Crippen molar-refractivity contribution < 1.29 is 19.4 Å². The molecule has 0 aromatic heterocycles. The van der Waals surface area contributed by atoms with Crippen molar-refractivity contribution in [3.63, 3.8) is 0 Å². The molecule has 0 aliphatic carbocycles. The minimum absolute atomic E-state index is 0.155. The molecule has 0 unspecified atom stereocenters. The number of carboxylic acids is 1. The van der Waals surface area contributed by atoms with Crippen molar-refractivity contribution in [2.45, 2.75) is 84.3 Å². The van der Waals surface area contributed by atoms with Gasteiger partial charge < -0.3 is 14.6 Å². The lowest BCUT2D eigenvalue weighted by Crippen LogP contribution is -2.19. The van der Waals surface area contributed by atoms with Crippen LogP contribution in [0.1, 0.15) is 78.1 Å². The highest BCUT2D eigenvalue weighted by atomic mass is 16.7. The predicted octanol–water partition coefficient (Wildman–Crippen LogP) is 4.37. The fraction of sp³-hybridized carbons (Fsp3) is 0.938. The third kappa shape index (κ3) is 13.8. The van der Waals surface area contributed by atoms with Crippen molar-refractivity contribution in [3.8, 4) is 0 Å². The maximum Gasteiger partial charge on any atom is 0.303 e. The summed E-state index contributed by atoms with van der Waals surface area (Å²) in [6.45, 7) is 5.83. The molecule has 0 radical (unpaired) electrons. The van der Waals surface area contributed by atoms with E-state index >= 15 is 0 Å². The van der Waals surface area contributed by atoms with Crippen LogP contribution in [0.4, 0.5) is 0 Å². The molecule has 0 spiro atoms. The highest BCUT2D eigenvalue weighted by Gasteiger charge is 2.09. The number of unbranched alkanes of at least 4 members (excludes halogenated alkanes) is 5. The average Bonchev–Trinajstić information content (AvgIpc) is 2.43. The van der Waals surface area contributed by atoms with Crippen molar-refractivity contribution in [2.24, 2.45) is 0 Å². The minimum atomic E-state index is -0.728. The summed E-state index contributed by atoms with van der Waals surface area (Å²) in [7, 11) is 0. The van der Waals surface area contributed by atoms with Crippen LogP contribution in [0, 0.1) is 0 Å². The van der Waals surface area contributed by atoms with Gasteiger partial charge >= 0.3 is 5.97 Å². The third-order valence-electron chi connectivity index (χ3n) is 3.18. The summed E-state index contributed by atoms with van der Waals surface area (Å²) in [6, 6.07) is 0. The molecule has 0 fully saturated rings.